The smallest absolute Gasteiger partial charge is 0.275 e. The summed E-state index contributed by atoms with van der Waals surface area (Å²) in [4.78, 5) is 25.6. The molecule has 0 radical (unpaired) electrons. The normalized spacial score (nSPS) is 17.3. The Labute approximate surface area is 115 Å². The van der Waals surface area contributed by atoms with Crippen molar-refractivity contribution in [1.82, 2.24) is 10.3 Å². The number of hydrazine groups is 1. The van der Waals surface area contributed by atoms with Gasteiger partial charge in [0.1, 0.15) is 0 Å². The first kappa shape index (κ1) is 14.0. The van der Waals surface area contributed by atoms with E-state index in [1.807, 2.05) is 11.4 Å². The summed E-state index contributed by atoms with van der Waals surface area (Å²) in [5.41, 5.74) is 8.44. The molecular weight excluding hydrogens is 264 g/mol. The Hall–Kier alpha value is -1.44. The van der Waals surface area contributed by atoms with E-state index in [0.29, 0.717) is 11.4 Å². The minimum absolute atomic E-state index is 0.00876. The van der Waals surface area contributed by atoms with E-state index in [4.69, 9.17) is 11.6 Å². The summed E-state index contributed by atoms with van der Waals surface area (Å²) < 4.78 is 0. The molecule has 6 nitrogen and oxygen atoms in total. The van der Waals surface area contributed by atoms with Crippen molar-refractivity contribution in [3.8, 4) is 0 Å². The molecule has 19 heavy (non-hydrogen) atoms. The Morgan fingerprint density at radius 1 is 1.42 bits per heavy atom. The molecule has 0 atom stereocenters. The monoisotopic (exact) mass is 282 g/mol. The van der Waals surface area contributed by atoms with Gasteiger partial charge in [-0.1, -0.05) is 0 Å². The number of hydrogen-bond donors (Lipinski definition) is 3. The van der Waals surface area contributed by atoms with Crippen molar-refractivity contribution in [1.29, 1.82) is 0 Å². The molecule has 1 aliphatic rings. The third kappa shape index (κ3) is 3.31. The van der Waals surface area contributed by atoms with E-state index in [0.717, 1.165) is 31.5 Å². The van der Waals surface area contributed by atoms with Crippen LogP contribution in [0.15, 0.2) is 11.4 Å². The number of rotatable bonds is 4. The maximum atomic E-state index is 11.6. The van der Waals surface area contributed by atoms with Gasteiger partial charge in [0.15, 0.2) is 0 Å². The highest BCUT2D eigenvalue weighted by atomic mass is 32.1. The van der Waals surface area contributed by atoms with Crippen molar-refractivity contribution in [3.63, 3.8) is 0 Å². The number of nitrogens with one attached hydrogen (secondary N) is 1. The molecule has 2 amide bonds. The highest BCUT2D eigenvalue weighted by Gasteiger charge is 2.24. The molecule has 1 aromatic heterocycles. The Balaban J connectivity index is 1.94. The van der Waals surface area contributed by atoms with E-state index in [1.54, 1.807) is 0 Å². The lowest BCUT2D eigenvalue weighted by Gasteiger charge is -2.30. The van der Waals surface area contributed by atoms with Crippen molar-refractivity contribution in [3.05, 3.63) is 21.9 Å². The lowest BCUT2D eigenvalue weighted by molar-refractivity contribution is -0.123. The summed E-state index contributed by atoms with van der Waals surface area (Å²) >= 11 is 1.38. The highest BCUT2D eigenvalue weighted by Crippen LogP contribution is 2.22. The number of nitrogens with zero attached hydrogens (tertiary/aromatic N) is 1. The zero-order chi connectivity index (χ0) is 13.8. The van der Waals surface area contributed by atoms with Gasteiger partial charge in [-0.05, 0) is 42.9 Å². The second-order valence-corrected chi connectivity index (χ2v) is 5.62. The molecule has 0 unspecified atom stereocenters. The fraction of sp³-hybridized carbons (Fsp3) is 0.500. The predicted molar refractivity (Wildman–Crippen MR) is 73.2 cm³/mol. The van der Waals surface area contributed by atoms with Crippen LogP contribution in [0.3, 0.4) is 0 Å². The molecule has 1 saturated heterocycles. The summed E-state index contributed by atoms with van der Waals surface area (Å²) in [5, 5.41) is 1.88. The molecule has 1 aromatic rings. The van der Waals surface area contributed by atoms with Gasteiger partial charge >= 0.3 is 0 Å². The van der Waals surface area contributed by atoms with Crippen LogP contribution in [0.4, 0.5) is 0 Å². The zero-order valence-corrected chi connectivity index (χ0v) is 11.4. The van der Waals surface area contributed by atoms with Crippen molar-refractivity contribution < 1.29 is 9.59 Å². The molecule has 0 saturated carbocycles. The van der Waals surface area contributed by atoms with Crippen molar-refractivity contribution in [2.45, 2.75) is 19.4 Å². The Kier molecular flexibility index (Phi) is 4.52. The summed E-state index contributed by atoms with van der Waals surface area (Å²) in [6.07, 6.45) is 1.58. The molecule has 0 bridgehead atoms. The number of likely N-dealkylation sites (tertiary alicyclic amines) is 1. The highest BCUT2D eigenvalue weighted by molar-refractivity contribution is 7.12. The first-order valence-corrected chi connectivity index (χ1v) is 7.08. The second-order valence-electron chi connectivity index (χ2n) is 4.70. The van der Waals surface area contributed by atoms with E-state index < -0.39 is 0 Å². The molecule has 1 aliphatic heterocycles. The quantitative estimate of drug-likeness (QED) is 0.412. The van der Waals surface area contributed by atoms with Gasteiger partial charge in [-0.25, -0.2) is 5.84 Å². The van der Waals surface area contributed by atoms with Gasteiger partial charge in [0, 0.05) is 12.5 Å². The van der Waals surface area contributed by atoms with Gasteiger partial charge < -0.3 is 5.73 Å². The second kappa shape index (κ2) is 6.14. The van der Waals surface area contributed by atoms with E-state index in [2.05, 4.69) is 10.3 Å². The zero-order valence-electron chi connectivity index (χ0n) is 10.6. The third-order valence-electron chi connectivity index (χ3n) is 3.47. The Morgan fingerprint density at radius 3 is 2.68 bits per heavy atom. The van der Waals surface area contributed by atoms with Crippen LogP contribution in [0, 0.1) is 5.92 Å². The third-order valence-corrected chi connectivity index (χ3v) is 4.42. The molecule has 2 heterocycles. The summed E-state index contributed by atoms with van der Waals surface area (Å²) in [7, 11) is 0. The SMILES string of the molecule is NNC(=O)c1sccc1CN1CCC(C(N)=O)CC1. The molecule has 104 valence electrons. The number of primary amides is 1. The summed E-state index contributed by atoms with van der Waals surface area (Å²) in [6, 6.07) is 1.94. The average Bonchev–Trinajstić information content (AvgIpc) is 2.86. The molecule has 7 heteroatoms. The van der Waals surface area contributed by atoms with Gasteiger partial charge in [-0.2, -0.15) is 0 Å². The van der Waals surface area contributed by atoms with Crippen LogP contribution in [-0.4, -0.2) is 29.8 Å². The number of carbonyl (C=O) groups excluding carboxylic acids is 2. The fourth-order valence-corrected chi connectivity index (χ4v) is 3.16. The van der Waals surface area contributed by atoms with E-state index in [9.17, 15) is 9.59 Å². The predicted octanol–water partition coefficient (Wildman–Crippen LogP) is 0.0489. The number of nitrogen functional groups attached to an aromatic ring is 1. The van der Waals surface area contributed by atoms with Gasteiger partial charge in [0.05, 0.1) is 4.88 Å². The van der Waals surface area contributed by atoms with Crippen LogP contribution in [-0.2, 0) is 11.3 Å². The van der Waals surface area contributed by atoms with Crippen LogP contribution in [0.25, 0.3) is 0 Å². The minimum atomic E-state index is -0.253. The summed E-state index contributed by atoms with van der Waals surface area (Å²) in [5.74, 6) is 4.69. The number of amides is 2. The van der Waals surface area contributed by atoms with Crippen LogP contribution in [0.2, 0.25) is 0 Å². The van der Waals surface area contributed by atoms with E-state index in [-0.39, 0.29) is 17.7 Å². The fourth-order valence-electron chi connectivity index (χ4n) is 2.34. The van der Waals surface area contributed by atoms with E-state index >= 15 is 0 Å². The maximum Gasteiger partial charge on any atom is 0.275 e. The van der Waals surface area contributed by atoms with Crippen LogP contribution >= 0.6 is 11.3 Å². The van der Waals surface area contributed by atoms with Gasteiger partial charge in [-0.15, -0.1) is 11.3 Å². The average molecular weight is 282 g/mol. The molecule has 1 fully saturated rings. The summed E-state index contributed by atoms with van der Waals surface area (Å²) in [6.45, 7) is 2.36. The molecule has 0 spiro atoms. The first-order valence-electron chi connectivity index (χ1n) is 6.20. The number of nitrogens with two attached hydrogens (primary N) is 2. The molecule has 0 aromatic carbocycles. The molecule has 2 rings (SSSR count). The topological polar surface area (TPSA) is 101 Å². The van der Waals surface area contributed by atoms with Crippen molar-refractivity contribution in [2.24, 2.45) is 17.5 Å². The lowest BCUT2D eigenvalue weighted by Crippen LogP contribution is -2.38. The number of piperidine rings is 1. The molecule has 0 aliphatic carbocycles. The lowest BCUT2D eigenvalue weighted by atomic mass is 9.96. The Bertz CT molecular complexity index is 466. The van der Waals surface area contributed by atoms with Crippen LogP contribution in [0.1, 0.15) is 28.1 Å². The maximum absolute atomic E-state index is 11.6. The number of thiophene rings is 1. The van der Waals surface area contributed by atoms with Gasteiger partial charge in [-0.3, -0.25) is 19.9 Å². The number of carbonyl (C=O) groups is 2. The first-order chi connectivity index (χ1) is 9.11. The number of hydrogen-bond acceptors (Lipinski definition) is 5. The molecular formula is C12H18N4O2S. The Morgan fingerprint density at radius 2 is 2.11 bits per heavy atom. The standard InChI is InChI=1S/C12H18N4O2S/c13-11(17)8-1-4-16(5-2-8)7-9-3-6-19-10(9)12(18)15-14/h3,6,8H,1-2,4-5,7,14H2,(H2,13,17)(H,15,18). The molecule has 5 N–H and O–H groups in total. The van der Waals surface area contributed by atoms with Gasteiger partial charge in [0.25, 0.3) is 5.91 Å². The largest absolute Gasteiger partial charge is 0.369 e. The van der Waals surface area contributed by atoms with Crippen LogP contribution in [0.5, 0.6) is 0 Å². The van der Waals surface area contributed by atoms with Crippen molar-refractivity contribution >= 4 is 23.2 Å². The van der Waals surface area contributed by atoms with Gasteiger partial charge in [0.2, 0.25) is 5.91 Å². The van der Waals surface area contributed by atoms with Crippen LogP contribution < -0.4 is 17.0 Å². The van der Waals surface area contributed by atoms with E-state index in [1.165, 1.54) is 11.3 Å². The minimum Gasteiger partial charge on any atom is -0.369 e. The van der Waals surface area contributed by atoms with Crippen molar-refractivity contribution in [2.75, 3.05) is 13.1 Å².